The molecule has 0 nitrogen and oxygen atoms in total. The van der Waals surface area contributed by atoms with Gasteiger partial charge in [0.2, 0.25) is 0 Å². The highest BCUT2D eigenvalue weighted by Crippen LogP contribution is 2.55. The molecule has 1 fully saturated rings. The summed E-state index contributed by atoms with van der Waals surface area (Å²) in [6.45, 7) is 0. The first-order chi connectivity index (χ1) is 5.75. The highest BCUT2D eigenvalue weighted by Gasteiger charge is 2.38. The standard InChI is InChI=1S/C10H14I2/c11-8-4-3-7-10(9(8)12)5-1-2-6-10/h1-7H2. The predicted molar refractivity (Wildman–Crippen MR) is 69.8 cm³/mol. The Labute approximate surface area is 102 Å². The summed E-state index contributed by atoms with van der Waals surface area (Å²) in [4.78, 5) is 0. The first kappa shape index (κ1) is 9.74. The van der Waals surface area contributed by atoms with E-state index in [0.717, 1.165) is 0 Å². The Balaban J connectivity index is 2.29. The Bertz CT molecular complexity index is 212. The first-order valence-corrected chi connectivity index (χ1v) is 6.95. The molecule has 2 aliphatic rings. The molecule has 68 valence electrons. The molecule has 0 unspecified atom stereocenters. The Kier molecular flexibility index (Phi) is 3.05. The summed E-state index contributed by atoms with van der Waals surface area (Å²) in [6, 6.07) is 0. The number of rotatable bonds is 0. The van der Waals surface area contributed by atoms with Crippen LogP contribution in [-0.2, 0) is 0 Å². The van der Waals surface area contributed by atoms with Gasteiger partial charge in [0.25, 0.3) is 0 Å². The summed E-state index contributed by atoms with van der Waals surface area (Å²) in [5.74, 6) is 0. The van der Waals surface area contributed by atoms with Gasteiger partial charge in [0, 0.05) is 12.6 Å². The molecule has 0 saturated heterocycles. The van der Waals surface area contributed by atoms with E-state index in [4.69, 9.17) is 0 Å². The van der Waals surface area contributed by atoms with Crippen molar-refractivity contribution < 1.29 is 0 Å². The van der Waals surface area contributed by atoms with E-state index in [1.54, 1.807) is 7.16 Å². The van der Waals surface area contributed by atoms with Crippen LogP contribution in [0, 0.1) is 5.41 Å². The van der Waals surface area contributed by atoms with Gasteiger partial charge in [-0.05, 0) is 77.3 Å². The average Bonchev–Trinajstić information content (AvgIpc) is 2.50. The summed E-state index contributed by atoms with van der Waals surface area (Å²) in [5.41, 5.74) is 0.662. The Morgan fingerprint density at radius 2 is 1.50 bits per heavy atom. The van der Waals surface area contributed by atoms with Gasteiger partial charge in [0.15, 0.2) is 0 Å². The van der Waals surface area contributed by atoms with Crippen molar-refractivity contribution in [3.63, 3.8) is 0 Å². The highest BCUT2D eigenvalue weighted by atomic mass is 127. The van der Waals surface area contributed by atoms with Crippen LogP contribution in [0.15, 0.2) is 7.16 Å². The summed E-state index contributed by atoms with van der Waals surface area (Å²) < 4.78 is 3.37. The van der Waals surface area contributed by atoms with E-state index in [0.29, 0.717) is 5.41 Å². The minimum atomic E-state index is 0.662. The van der Waals surface area contributed by atoms with E-state index < -0.39 is 0 Å². The summed E-state index contributed by atoms with van der Waals surface area (Å²) in [5, 5.41) is 0. The lowest BCUT2D eigenvalue weighted by molar-refractivity contribution is 0.334. The zero-order valence-electron chi connectivity index (χ0n) is 7.21. The maximum atomic E-state index is 2.61. The maximum Gasteiger partial charge on any atom is 0.00604 e. The molecule has 0 N–H and O–H groups in total. The van der Waals surface area contributed by atoms with Crippen LogP contribution in [0.4, 0.5) is 0 Å². The predicted octanol–water partition coefficient (Wildman–Crippen LogP) is 4.81. The molecule has 0 amide bonds. The fourth-order valence-corrected chi connectivity index (χ4v) is 4.64. The molecule has 1 spiro atoms. The van der Waals surface area contributed by atoms with Crippen LogP contribution in [0.3, 0.4) is 0 Å². The van der Waals surface area contributed by atoms with Crippen LogP contribution in [-0.4, -0.2) is 0 Å². The monoisotopic (exact) mass is 388 g/mol. The van der Waals surface area contributed by atoms with Crippen molar-refractivity contribution in [2.75, 3.05) is 0 Å². The van der Waals surface area contributed by atoms with Gasteiger partial charge in [-0.3, -0.25) is 0 Å². The molecule has 12 heavy (non-hydrogen) atoms. The van der Waals surface area contributed by atoms with E-state index in [1.807, 2.05) is 0 Å². The molecule has 0 heterocycles. The van der Waals surface area contributed by atoms with Crippen LogP contribution in [0.1, 0.15) is 44.9 Å². The molecule has 0 radical (unpaired) electrons. The maximum absolute atomic E-state index is 2.61. The normalized spacial score (nSPS) is 28.5. The SMILES string of the molecule is IC1=C(I)C2(CCCC2)CCC1. The summed E-state index contributed by atoms with van der Waals surface area (Å²) in [6.07, 6.45) is 10.1. The van der Waals surface area contributed by atoms with Gasteiger partial charge in [-0.1, -0.05) is 12.8 Å². The van der Waals surface area contributed by atoms with E-state index in [1.165, 1.54) is 44.9 Å². The van der Waals surface area contributed by atoms with Crippen molar-refractivity contribution >= 4 is 45.2 Å². The van der Waals surface area contributed by atoms with Crippen molar-refractivity contribution in [1.29, 1.82) is 0 Å². The van der Waals surface area contributed by atoms with Crippen molar-refractivity contribution in [1.82, 2.24) is 0 Å². The third-order valence-electron chi connectivity index (χ3n) is 3.32. The second kappa shape index (κ2) is 3.75. The summed E-state index contributed by atoms with van der Waals surface area (Å²) in [7, 11) is 0. The highest BCUT2D eigenvalue weighted by molar-refractivity contribution is 14.1. The molecule has 0 atom stereocenters. The third kappa shape index (κ3) is 1.57. The molecule has 0 aromatic carbocycles. The lowest BCUT2D eigenvalue weighted by Gasteiger charge is -2.33. The van der Waals surface area contributed by atoms with E-state index in [-0.39, 0.29) is 0 Å². The second-order valence-electron chi connectivity index (χ2n) is 4.06. The molecule has 2 aliphatic carbocycles. The fraction of sp³-hybridized carbons (Fsp3) is 0.800. The number of halogens is 2. The van der Waals surface area contributed by atoms with Gasteiger partial charge in [-0.25, -0.2) is 0 Å². The van der Waals surface area contributed by atoms with Crippen LogP contribution < -0.4 is 0 Å². The van der Waals surface area contributed by atoms with Crippen LogP contribution in [0.2, 0.25) is 0 Å². The van der Waals surface area contributed by atoms with E-state index in [2.05, 4.69) is 45.2 Å². The number of hydrogen-bond donors (Lipinski definition) is 0. The molecule has 2 rings (SSSR count). The second-order valence-corrected chi connectivity index (χ2v) is 6.44. The van der Waals surface area contributed by atoms with Crippen molar-refractivity contribution in [3.8, 4) is 0 Å². The van der Waals surface area contributed by atoms with Gasteiger partial charge in [-0.2, -0.15) is 0 Å². The van der Waals surface area contributed by atoms with Gasteiger partial charge >= 0.3 is 0 Å². The molecule has 2 heteroatoms. The lowest BCUT2D eigenvalue weighted by atomic mass is 9.78. The largest absolute Gasteiger partial charge is 0.0524 e. The molecule has 0 aromatic rings. The molecular weight excluding hydrogens is 374 g/mol. The molecular formula is C10H14I2. The third-order valence-corrected chi connectivity index (χ3v) is 7.22. The van der Waals surface area contributed by atoms with Gasteiger partial charge in [0.1, 0.15) is 0 Å². The summed E-state index contributed by atoms with van der Waals surface area (Å²) >= 11 is 5.16. The van der Waals surface area contributed by atoms with Crippen molar-refractivity contribution in [3.05, 3.63) is 7.16 Å². The van der Waals surface area contributed by atoms with E-state index in [9.17, 15) is 0 Å². The molecule has 1 saturated carbocycles. The number of hydrogen-bond acceptors (Lipinski definition) is 0. The smallest absolute Gasteiger partial charge is 0.00604 e. The van der Waals surface area contributed by atoms with Gasteiger partial charge in [0.05, 0.1) is 0 Å². The van der Waals surface area contributed by atoms with Gasteiger partial charge < -0.3 is 0 Å². The quantitative estimate of drug-likeness (QED) is 0.523. The molecule has 0 bridgehead atoms. The Morgan fingerprint density at radius 3 is 2.17 bits per heavy atom. The molecule has 0 aliphatic heterocycles. The Morgan fingerprint density at radius 1 is 0.917 bits per heavy atom. The minimum Gasteiger partial charge on any atom is -0.0524 e. The fourth-order valence-electron chi connectivity index (χ4n) is 2.61. The van der Waals surface area contributed by atoms with Crippen LogP contribution in [0.5, 0.6) is 0 Å². The average molecular weight is 388 g/mol. The zero-order chi connectivity index (χ0) is 8.60. The number of allylic oxidation sites excluding steroid dienone is 2. The van der Waals surface area contributed by atoms with E-state index >= 15 is 0 Å². The van der Waals surface area contributed by atoms with Crippen molar-refractivity contribution in [2.24, 2.45) is 5.41 Å². The van der Waals surface area contributed by atoms with Crippen molar-refractivity contribution in [2.45, 2.75) is 44.9 Å². The topological polar surface area (TPSA) is 0 Å². The van der Waals surface area contributed by atoms with Crippen LogP contribution in [0.25, 0.3) is 0 Å². The Hall–Kier alpha value is 1.20. The van der Waals surface area contributed by atoms with Gasteiger partial charge in [-0.15, -0.1) is 0 Å². The lowest BCUT2D eigenvalue weighted by Crippen LogP contribution is -2.20. The van der Waals surface area contributed by atoms with Crippen LogP contribution >= 0.6 is 45.2 Å². The molecule has 0 aromatic heterocycles. The minimum absolute atomic E-state index is 0.662. The zero-order valence-corrected chi connectivity index (χ0v) is 11.5. The first-order valence-electron chi connectivity index (χ1n) is 4.79.